The van der Waals surface area contributed by atoms with Crippen molar-refractivity contribution in [2.24, 2.45) is 0 Å². The lowest BCUT2D eigenvalue weighted by Crippen LogP contribution is -2.30. The molecule has 6 nitrogen and oxygen atoms in total. The molecule has 0 bridgehead atoms. The average Bonchev–Trinajstić information content (AvgIpc) is 3.35. The van der Waals surface area contributed by atoms with Crippen LogP contribution in [0.4, 0.5) is 0 Å². The molecule has 0 saturated heterocycles. The van der Waals surface area contributed by atoms with Crippen LogP contribution in [0.2, 0.25) is 0 Å². The smallest absolute Gasteiger partial charge is 0.310 e. The van der Waals surface area contributed by atoms with Crippen LogP contribution in [0, 0.1) is 0 Å². The van der Waals surface area contributed by atoms with Gasteiger partial charge in [0.05, 0.1) is 6.42 Å². The van der Waals surface area contributed by atoms with Crippen molar-refractivity contribution in [1.29, 1.82) is 0 Å². The predicted octanol–water partition coefficient (Wildman–Crippen LogP) is 19.3. The number of hydrogen-bond acceptors (Lipinski definition) is 6. The molecule has 0 saturated carbocycles. The van der Waals surface area contributed by atoms with Gasteiger partial charge in [-0.25, -0.2) is 0 Å². The molecule has 0 aliphatic heterocycles. The first kappa shape index (κ1) is 65.3. The van der Waals surface area contributed by atoms with Crippen LogP contribution in [-0.4, -0.2) is 37.2 Å². The molecule has 1 atom stereocenters. The summed E-state index contributed by atoms with van der Waals surface area (Å²) in [4.78, 5) is 38.0. The van der Waals surface area contributed by atoms with Gasteiger partial charge in [0.1, 0.15) is 13.2 Å². The standard InChI is InChI=1S/C63H106O6/c1-4-7-10-13-16-19-22-24-26-27-28-29-30-31-32-33-34-35-37-38-41-44-47-50-53-56-62(65)68-59-60(58-67-61(64)55-52-49-46-43-40-21-18-15-12-9-6-3)69-63(66)57-54-51-48-45-42-39-36-25-23-20-17-14-11-8-5-2/h8,11,17,20,22,24-25,27-28,30-31,36,42,45,51,54,60H,4-7,9-10,12-16,18-19,21,23,26,29,32-35,37-41,43-44,46-50,52-53,55-59H2,1-3H3/b11-8-,20-17-,24-22-,28-27-,31-30-,36-25-,45-42-,54-51-. The van der Waals surface area contributed by atoms with Crippen LogP contribution in [0.25, 0.3) is 0 Å². The Labute approximate surface area is 426 Å². The van der Waals surface area contributed by atoms with E-state index in [0.29, 0.717) is 12.8 Å². The third-order valence-corrected chi connectivity index (χ3v) is 12.1. The topological polar surface area (TPSA) is 78.9 Å². The van der Waals surface area contributed by atoms with Gasteiger partial charge in [-0.3, -0.25) is 14.4 Å². The van der Waals surface area contributed by atoms with Gasteiger partial charge in [-0.1, -0.05) is 259 Å². The van der Waals surface area contributed by atoms with Crippen molar-refractivity contribution < 1.29 is 28.6 Å². The fourth-order valence-corrected chi connectivity index (χ4v) is 7.82. The van der Waals surface area contributed by atoms with Crippen LogP contribution < -0.4 is 0 Å². The Morgan fingerprint density at radius 2 is 0.609 bits per heavy atom. The van der Waals surface area contributed by atoms with Gasteiger partial charge in [-0.15, -0.1) is 0 Å². The Balaban J connectivity index is 4.36. The van der Waals surface area contributed by atoms with Crippen molar-refractivity contribution in [2.45, 2.75) is 271 Å². The zero-order valence-corrected chi connectivity index (χ0v) is 45.0. The van der Waals surface area contributed by atoms with Crippen molar-refractivity contribution in [2.75, 3.05) is 13.2 Å². The van der Waals surface area contributed by atoms with Gasteiger partial charge in [-0.05, 0) is 83.5 Å². The number of carbonyl (C=O) groups is 3. The van der Waals surface area contributed by atoms with Crippen LogP contribution >= 0.6 is 0 Å². The van der Waals surface area contributed by atoms with E-state index in [0.717, 1.165) is 83.5 Å². The molecule has 0 aromatic heterocycles. The fraction of sp³-hybridized carbons (Fsp3) is 0.698. The van der Waals surface area contributed by atoms with Crippen molar-refractivity contribution in [3.05, 3.63) is 97.2 Å². The third kappa shape index (κ3) is 55.1. The van der Waals surface area contributed by atoms with E-state index in [4.69, 9.17) is 14.2 Å². The van der Waals surface area contributed by atoms with Crippen molar-refractivity contribution in [3.8, 4) is 0 Å². The summed E-state index contributed by atoms with van der Waals surface area (Å²) in [7, 11) is 0. The highest BCUT2D eigenvalue weighted by Crippen LogP contribution is 2.15. The van der Waals surface area contributed by atoms with Crippen LogP contribution in [0.15, 0.2) is 97.2 Å². The number of rotatable bonds is 51. The highest BCUT2D eigenvalue weighted by Gasteiger charge is 2.19. The average molecular weight is 960 g/mol. The molecular weight excluding hydrogens is 853 g/mol. The van der Waals surface area contributed by atoms with E-state index in [-0.39, 0.29) is 31.6 Å². The minimum absolute atomic E-state index is 0.0958. The van der Waals surface area contributed by atoms with Gasteiger partial charge in [0, 0.05) is 12.8 Å². The van der Waals surface area contributed by atoms with E-state index >= 15 is 0 Å². The first-order chi connectivity index (χ1) is 34.0. The summed E-state index contributed by atoms with van der Waals surface area (Å²) in [6, 6.07) is 0. The maximum Gasteiger partial charge on any atom is 0.310 e. The second-order valence-electron chi connectivity index (χ2n) is 18.8. The third-order valence-electron chi connectivity index (χ3n) is 12.1. The summed E-state index contributed by atoms with van der Waals surface area (Å²) in [5.74, 6) is -1.05. The molecule has 394 valence electrons. The molecule has 0 heterocycles. The molecule has 0 fully saturated rings. The van der Waals surface area contributed by atoms with E-state index in [2.05, 4.69) is 106 Å². The summed E-state index contributed by atoms with van der Waals surface area (Å²) in [5.41, 5.74) is 0. The van der Waals surface area contributed by atoms with Gasteiger partial charge in [-0.2, -0.15) is 0 Å². The minimum Gasteiger partial charge on any atom is -0.462 e. The molecule has 0 aromatic rings. The quantitative estimate of drug-likeness (QED) is 0.0262. The molecule has 0 aliphatic rings. The lowest BCUT2D eigenvalue weighted by molar-refractivity contribution is -0.166. The lowest BCUT2D eigenvalue weighted by Gasteiger charge is -2.18. The number of ether oxygens (including phenoxy) is 3. The largest absolute Gasteiger partial charge is 0.462 e. The van der Waals surface area contributed by atoms with Gasteiger partial charge in [0.15, 0.2) is 6.10 Å². The molecular formula is C63H106O6. The number of allylic oxidation sites excluding steroid dienone is 15. The summed E-state index contributed by atoms with van der Waals surface area (Å²) in [5, 5.41) is 0. The maximum absolute atomic E-state index is 12.8. The normalized spacial score (nSPS) is 12.8. The highest BCUT2D eigenvalue weighted by atomic mass is 16.6. The molecule has 0 radical (unpaired) electrons. The Bertz CT molecular complexity index is 1380. The molecule has 0 spiro atoms. The van der Waals surface area contributed by atoms with Crippen molar-refractivity contribution in [3.63, 3.8) is 0 Å². The second-order valence-corrected chi connectivity index (χ2v) is 18.8. The van der Waals surface area contributed by atoms with E-state index in [1.165, 1.54) is 141 Å². The molecule has 0 aromatic carbocycles. The van der Waals surface area contributed by atoms with Crippen LogP contribution in [-0.2, 0) is 28.6 Å². The first-order valence-electron chi connectivity index (χ1n) is 28.7. The molecule has 0 aliphatic carbocycles. The van der Waals surface area contributed by atoms with Gasteiger partial charge in [0.2, 0.25) is 0 Å². The zero-order chi connectivity index (χ0) is 50.0. The number of carbonyl (C=O) groups excluding carboxylic acids is 3. The van der Waals surface area contributed by atoms with Crippen LogP contribution in [0.1, 0.15) is 265 Å². The first-order valence-corrected chi connectivity index (χ1v) is 28.7. The molecule has 0 N–H and O–H groups in total. The number of hydrogen-bond donors (Lipinski definition) is 0. The molecule has 1 unspecified atom stereocenters. The molecule has 6 heteroatoms. The minimum atomic E-state index is -0.832. The summed E-state index contributed by atoms with van der Waals surface area (Å²) >= 11 is 0. The summed E-state index contributed by atoms with van der Waals surface area (Å²) in [6.07, 6.45) is 75.7. The van der Waals surface area contributed by atoms with Crippen LogP contribution in [0.3, 0.4) is 0 Å². The maximum atomic E-state index is 12.8. The Kier molecular flexibility index (Phi) is 53.9. The van der Waals surface area contributed by atoms with E-state index in [9.17, 15) is 14.4 Å². The highest BCUT2D eigenvalue weighted by molar-refractivity contribution is 5.72. The SMILES string of the molecule is CC/C=C\C/C=C\C/C=C\C/C=C\C/C=C\CC(=O)OC(COC(=O)CCCCCCCCCCCCC)COC(=O)CCCCCCCCCCCC/C=C\C/C=C\C/C=C\CCCCCCC. The van der Waals surface area contributed by atoms with Gasteiger partial charge >= 0.3 is 17.9 Å². The van der Waals surface area contributed by atoms with Crippen molar-refractivity contribution >= 4 is 17.9 Å². The predicted molar refractivity (Wildman–Crippen MR) is 297 cm³/mol. The molecule has 69 heavy (non-hydrogen) atoms. The monoisotopic (exact) mass is 959 g/mol. The lowest BCUT2D eigenvalue weighted by atomic mass is 10.1. The number of esters is 3. The summed E-state index contributed by atoms with van der Waals surface area (Å²) in [6.45, 7) is 6.42. The van der Waals surface area contributed by atoms with E-state index < -0.39 is 12.1 Å². The Hall–Kier alpha value is -3.67. The van der Waals surface area contributed by atoms with Crippen LogP contribution in [0.5, 0.6) is 0 Å². The fourth-order valence-electron chi connectivity index (χ4n) is 7.82. The molecule has 0 rings (SSSR count). The van der Waals surface area contributed by atoms with Crippen molar-refractivity contribution in [1.82, 2.24) is 0 Å². The number of unbranched alkanes of at least 4 members (excludes halogenated alkanes) is 25. The van der Waals surface area contributed by atoms with Gasteiger partial charge in [0.25, 0.3) is 0 Å². The Morgan fingerprint density at radius 1 is 0.319 bits per heavy atom. The zero-order valence-electron chi connectivity index (χ0n) is 45.0. The Morgan fingerprint density at radius 3 is 0.957 bits per heavy atom. The second kappa shape index (κ2) is 56.9. The molecule has 0 amide bonds. The van der Waals surface area contributed by atoms with Gasteiger partial charge < -0.3 is 14.2 Å². The summed E-state index contributed by atoms with van der Waals surface area (Å²) < 4.78 is 16.7. The van der Waals surface area contributed by atoms with E-state index in [1.807, 2.05) is 6.08 Å². The van der Waals surface area contributed by atoms with E-state index in [1.54, 1.807) is 6.08 Å².